The highest BCUT2D eigenvalue weighted by atomic mass is 32.1. The summed E-state index contributed by atoms with van der Waals surface area (Å²) in [6, 6.07) is 18.5. The maximum atomic E-state index is 12.9. The van der Waals surface area contributed by atoms with E-state index in [0.717, 1.165) is 21.8 Å². The molecule has 2 N–H and O–H groups in total. The molecule has 1 atom stereocenters. The van der Waals surface area contributed by atoms with Crippen LogP contribution in [0.3, 0.4) is 0 Å². The molecule has 0 spiro atoms. The SMILES string of the molecule is Cc1ccc(OCC(C)NC(=O)/C(=C/c2cccs2)NC(=O)c2cccc(C)c2)cc1. The van der Waals surface area contributed by atoms with E-state index in [2.05, 4.69) is 10.6 Å². The second-order valence-electron chi connectivity index (χ2n) is 7.40. The summed E-state index contributed by atoms with van der Waals surface area (Å²) in [6.07, 6.45) is 1.68. The molecule has 1 heterocycles. The second-order valence-corrected chi connectivity index (χ2v) is 8.37. The Kier molecular flexibility index (Phi) is 7.62. The molecule has 3 aromatic rings. The number of ether oxygens (including phenoxy) is 1. The summed E-state index contributed by atoms with van der Waals surface area (Å²) in [7, 11) is 0. The maximum absolute atomic E-state index is 12.9. The van der Waals surface area contributed by atoms with Gasteiger partial charge in [0.1, 0.15) is 18.1 Å². The molecule has 0 aliphatic carbocycles. The second kappa shape index (κ2) is 10.6. The van der Waals surface area contributed by atoms with Gasteiger partial charge in [-0.3, -0.25) is 9.59 Å². The van der Waals surface area contributed by atoms with Gasteiger partial charge in [0.15, 0.2) is 0 Å². The van der Waals surface area contributed by atoms with Gasteiger partial charge >= 0.3 is 0 Å². The average Bonchev–Trinajstić information content (AvgIpc) is 3.26. The van der Waals surface area contributed by atoms with Gasteiger partial charge in [-0.05, 0) is 62.6 Å². The number of aryl methyl sites for hydroxylation is 2. The molecule has 0 saturated carbocycles. The summed E-state index contributed by atoms with van der Waals surface area (Å²) in [5.41, 5.74) is 2.82. The van der Waals surface area contributed by atoms with Crippen LogP contribution in [0.2, 0.25) is 0 Å². The summed E-state index contributed by atoms with van der Waals surface area (Å²) in [5.74, 6) is 0.0495. The first kappa shape index (κ1) is 22.3. The van der Waals surface area contributed by atoms with Crippen molar-refractivity contribution in [3.63, 3.8) is 0 Å². The van der Waals surface area contributed by atoms with Crippen LogP contribution in [0.5, 0.6) is 5.75 Å². The first-order valence-electron chi connectivity index (χ1n) is 10.0. The molecular formula is C25H26N2O3S. The van der Waals surface area contributed by atoms with Crippen molar-refractivity contribution in [3.8, 4) is 5.75 Å². The Morgan fingerprint density at radius 2 is 1.81 bits per heavy atom. The minimum Gasteiger partial charge on any atom is -0.491 e. The molecule has 1 aromatic heterocycles. The average molecular weight is 435 g/mol. The van der Waals surface area contributed by atoms with Crippen LogP contribution in [0.25, 0.3) is 6.08 Å². The molecule has 0 fully saturated rings. The van der Waals surface area contributed by atoms with E-state index in [0.29, 0.717) is 12.2 Å². The van der Waals surface area contributed by atoms with Crippen LogP contribution >= 0.6 is 11.3 Å². The van der Waals surface area contributed by atoms with E-state index in [1.54, 1.807) is 18.2 Å². The number of carbonyl (C=O) groups is 2. The summed E-state index contributed by atoms with van der Waals surface area (Å²) in [4.78, 5) is 26.5. The zero-order chi connectivity index (χ0) is 22.2. The lowest BCUT2D eigenvalue weighted by atomic mass is 10.1. The van der Waals surface area contributed by atoms with Crippen molar-refractivity contribution in [3.05, 3.63) is 93.3 Å². The molecule has 0 saturated heterocycles. The highest BCUT2D eigenvalue weighted by Crippen LogP contribution is 2.14. The van der Waals surface area contributed by atoms with E-state index in [1.165, 1.54) is 11.3 Å². The number of rotatable bonds is 8. The van der Waals surface area contributed by atoms with Crippen LogP contribution in [0.4, 0.5) is 0 Å². The van der Waals surface area contributed by atoms with Gasteiger partial charge in [-0.1, -0.05) is 41.5 Å². The molecule has 0 bridgehead atoms. The van der Waals surface area contributed by atoms with Crippen LogP contribution < -0.4 is 15.4 Å². The van der Waals surface area contributed by atoms with Crippen molar-refractivity contribution in [1.29, 1.82) is 0 Å². The molecule has 0 aliphatic heterocycles. The van der Waals surface area contributed by atoms with E-state index >= 15 is 0 Å². The number of thiophene rings is 1. The minimum absolute atomic E-state index is 0.191. The molecule has 5 nitrogen and oxygen atoms in total. The zero-order valence-corrected chi connectivity index (χ0v) is 18.7. The van der Waals surface area contributed by atoms with Gasteiger partial charge in [0.2, 0.25) is 0 Å². The van der Waals surface area contributed by atoms with Gasteiger partial charge in [0.05, 0.1) is 6.04 Å². The molecule has 2 amide bonds. The van der Waals surface area contributed by atoms with Crippen LogP contribution in [-0.2, 0) is 4.79 Å². The van der Waals surface area contributed by atoms with Gasteiger partial charge in [-0.2, -0.15) is 0 Å². The van der Waals surface area contributed by atoms with Gasteiger partial charge in [-0.15, -0.1) is 11.3 Å². The number of hydrogen-bond donors (Lipinski definition) is 2. The molecule has 3 rings (SSSR count). The summed E-state index contributed by atoms with van der Waals surface area (Å²) >= 11 is 1.49. The normalized spacial score (nSPS) is 12.2. The van der Waals surface area contributed by atoms with E-state index in [1.807, 2.05) is 74.7 Å². The quantitative estimate of drug-likeness (QED) is 0.504. The van der Waals surface area contributed by atoms with E-state index in [4.69, 9.17) is 4.74 Å². The lowest BCUT2D eigenvalue weighted by molar-refractivity contribution is -0.118. The van der Waals surface area contributed by atoms with Crippen molar-refractivity contribution in [2.24, 2.45) is 0 Å². The van der Waals surface area contributed by atoms with E-state index < -0.39 is 0 Å². The fourth-order valence-electron chi connectivity index (χ4n) is 2.85. The standard InChI is InChI=1S/C25H26N2O3S/c1-17-9-11-21(12-10-17)30-16-19(3)26-25(29)23(15-22-8-5-13-31-22)27-24(28)20-7-4-6-18(2)14-20/h4-15,19H,16H2,1-3H3,(H,26,29)(H,27,28)/b23-15-. The van der Waals surface area contributed by atoms with Crippen LogP contribution in [-0.4, -0.2) is 24.5 Å². The Bertz CT molecular complexity index is 1060. The number of hydrogen-bond acceptors (Lipinski definition) is 4. The van der Waals surface area contributed by atoms with Crippen LogP contribution in [0.1, 0.15) is 33.3 Å². The van der Waals surface area contributed by atoms with E-state index in [-0.39, 0.29) is 23.6 Å². The van der Waals surface area contributed by atoms with Crippen molar-refractivity contribution in [1.82, 2.24) is 10.6 Å². The number of nitrogens with one attached hydrogen (secondary N) is 2. The Hall–Kier alpha value is -3.38. The monoisotopic (exact) mass is 434 g/mol. The maximum Gasteiger partial charge on any atom is 0.268 e. The van der Waals surface area contributed by atoms with Gasteiger partial charge in [0.25, 0.3) is 11.8 Å². The highest BCUT2D eigenvalue weighted by molar-refractivity contribution is 7.10. The number of benzene rings is 2. The van der Waals surface area contributed by atoms with Crippen LogP contribution in [0, 0.1) is 13.8 Å². The third kappa shape index (κ3) is 6.83. The molecule has 0 radical (unpaired) electrons. The Balaban J connectivity index is 1.67. The first-order chi connectivity index (χ1) is 14.9. The fraction of sp³-hybridized carbons (Fsp3) is 0.200. The predicted molar refractivity (Wildman–Crippen MR) is 125 cm³/mol. The fourth-order valence-corrected chi connectivity index (χ4v) is 3.51. The Labute approximate surface area is 186 Å². The Morgan fingerprint density at radius 1 is 1.03 bits per heavy atom. The Morgan fingerprint density at radius 3 is 2.48 bits per heavy atom. The van der Waals surface area contributed by atoms with Gasteiger partial charge in [0, 0.05) is 10.4 Å². The number of amides is 2. The predicted octanol–water partition coefficient (Wildman–Crippen LogP) is 4.72. The highest BCUT2D eigenvalue weighted by Gasteiger charge is 2.17. The molecule has 31 heavy (non-hydrogen) atoms. The molecule has 2 aromatic carbocycles. The van der Waals surface area contributed by atoms with Crippen molar-refractivity contribution >= 4 is 29.2 Å². The lowest BCUT2D eigenvalue weighted by Crippen LogP contribution is -2.41. The smallest absolute Gasteiger partial charge is 0.268 e. The summed E-state index contributed by atoms with van der Waals surface area (Å²) in [5, 5.41) is 7.58. The van der Waals surface area contributed by atoms with E-state index in [9.17, 15) is 9.59 Å². The molecule has 1 unspecified atom stereocenters. The molecular weight excluding hydrogens is 408 g/mol. The zero-order valence-electron chi connectivity index (χ0n) is 17.8. The van der Waals surface area contributed by atoms with Crippen molar-refractivity contribution in [2.45, 2.75) is 26.8 Å². The van der Waals surface area contributed by atoms with Crippen LogP contribution in [0.15, 0.2) is 71.7 Å². The van der Waals surface area contributed by atoms with Crippen molar-refractivity contribution < 1.29 is 14.3 Å². The largest absolute Gasteiger partial charge is 0.491 e. The van der Waals surface area contributed by atoms with Gasteiger partial charge in [-0.25, -0.2) is 0 Å². The first-order valence-corrected chi connectivity index (χ1v) is 10.9. The third-order valence-corrected chi connectivity index (χ3v) is 5.32. The third-order valence-electron chi connectivity index (χ3n) is 4.50. The molecule has 160 valence electrons. The summed E-state index contributed by atoms with van der Waals surface area (Å²) < 4.78 is 5.75. The molecule has 0 aliphatic rings. The topological polar surface area (TPSA) is 67.4 Å². The van der Waals surface area contributed by atoms with Gasteiger partial charge < -0.3 is 15.4 Å². The van der Waals surface area contributed by atoms with Crippen molar-refractivity contribution in [2.75, 3.05) is 6.61 Å². The molecule has 6 heteroatoms. The minimum atomic E-state index is -0.366. The lowest BCUT2D eigenvalue weighted by Gasteiger charge is -2.17. The number of carbonyl (C=O) groups excluding carboxylic acids is 2. The summed E-state index contributed by atoms with van der Waals surface area (Å²) in [6.45, 7) is 6.10.